The van der Waals surface area contributed by atoms with E-state index < -0.39 is 32.5 Å². The maximum absolute atomic E-state index is 13.4. The molecule has 0 aliphatic rings. The Hall–Kier alpha value is -3.74. The Labute approximate surface area is 223 Å². The predicted molar refractivity (Wildman–Crippen MR) is 145 cm³/mol. The highest BCUT2D eigenvalue weighted by molar-refractivity contribution is 9.10. The summed E-state index contributed by atoms with van der Waals surface area (Å²) in [7, 11) is -7.91. The molecule has 0 atom stereocenters. The van der Waals surface area contributed by atoms with E-state index in [2.05, 4.69) is 31.0 Å². The van der Waals surface area contributed by atoms with Crippen LogP contribution in [0.2, 0.25) is 0 Å². The Morgan fingerprint density at radius 1 is 0.784 bits per heavy atom. The Bertz CT molecular complexity index is 1580. The molecule has 1 amide bonds. The van der Waals surface area contributed by atoms with Gasteiger partial charge in [0.15, 0.2) is 0 Å². The van der Waals surface area contributed by atoms with Gasteiger partial charge in [-0.25, -0.2) is 16.8 Å². The summed E-state index contributed by atoms with van der Waals surface area (Å²) >= 11 is 3.33. The zero-order chi connectivity index (χ0) is 26.5. The van der Waals surface area contributed by atoms with Crippen LogP contribution >= 0.6 is 15.9 Å². The van der Waals surface area contributed by atoms with Crippen molar-refractivity contribution in [2.45, 2.75) is 9.79 Å². The minimum atomic E-state index is -4.05. The summed E-state index contributed by atoms with van der Waals surface area (Å²) in [6, 6.07) is 23.0. The number of sulfonamides is 2. The molecule has 12 heteroatoms. The number of anilines is 3. The summed E-state index contributed by atoms with van der Waals surface area (Å²) in [4.78, 5) is 16.8. The van der Waals surface area contributed by atoms with Crippen LogP contribution in [0.5, 0.6) is 0 Å². The topological polar surface area (TPSA) is 126 Å². The van der Waals surface area contributed by atoms with Crippen LogP contribution in [0.3, 0.4) is 0 Å². The third-order valence-corrected chi connectivity index (χ3v) is 8.81. The first kappa shape index (κ1) is 26.3. The molecule has 0 saturated heterocycles. The second-order valence-corrected chi connectivity index (χ2v) is 12.2. The number of carbonyl (C=O) groups is 1. The van der Waals surface area contributed by atoms with Crippen molar-refractivity contribution in [3.05, 3.63) is 108 Å². The largest absolute Gasteiger partial charge is 0.325 e. The fourth-order valence-electron chi connectivity index (χ4n) is 3.33. The molecule has 190 valence electrons. The summed E-state index contributed by atoms with van der Waals surface area (Å²) in [5.41, 5.74) is 0.927. The van der Waals surface area contributed by atoms with Crippen LogP contribution in [-0.2, 0) is 24.8 Å². The van der Waals surface area contributed by atoms with Gasteiger partial charge in [-0.3, -0.25) is 18.8 Å². The lowest BCUT2D eigenvalue weighted by molar-refractivity contribution is -0.114. The van der Waals surface area contributed by atoms with E-state index in [1.807, 2.05) is 0 Å². The molecule has 4 aromatic rings. The van der Waals surface area contributed by atoms with Crippen LogP contribution in [0, 0.1) is 0 Å². The first-order valence-electron chi connectivity index (χ1n) is 10.8. The van der Waals surface area contributed by atoms with Crippen LogP contribution in [0.25, 0.3) is 0 Å². The minimum absolute atomic E-state index is 0.0162. The second kappa shape index (κ2) is 11.1. The SMILES string of the molecule is O=C(CN(c1ccc(Br)cc1)S(=O)(=O)c1ccccc1)Nc1ccc(S(=O)(=O)Nc2cccnc2)cc1. The fourth-order valence-corrected chi connectivity index (χ4v) is 6.08. The van der Waals surface area contributed by atoms with Gasteiger partial charge in [0.05, 0.1) is 27.4 Å². The van der Waals surface area contributed by atoms with Crippen molar-refractivity contribution in [3.8, 4) is 0 Å². The zero-order valence-electron chi connectivity index (χ0n) is 19.2. The Morgan fingerprint density at radius 3 is 2.08 bits per heavy atom. The molecule has 1 aromatic heterocycles. The minimum Gasteiger partial charge on any atom is -0.325 e. The number of hydrogen-bond acceptors (Lipinski definition) is 6. The molecule has 2 N–H and O–H groups in total. The number of amides is 1. The molecule has 1 heterocycles. The zero-order valence-corrected chi connectivity index (χ0v) is 22.4. The van der Waals surface area contributed by atoms with Crippen LogP contribution in [0.4, 0.5) is 17.1 Å². The lowest BCUT2D eigenvalue weighted by atomic mass is 10.3. The highest BCUT2D eigenvalue weighted by atomic mass is 79.9. The highest BCUT2D eigenvalue weighted by Gasteiger charge is 2.27. The molecule has 3 aromatic carbocycles. The van der Waals surface area contributed by atoms with Crippen molar-refractivity contribution in [2.24, 2.45) is 0 Å². The van der Waals surface area contributed by atoms with Gasteiger partial charge in [0.25, 0.3) is 20.0 Å². The average Bonchev–Trinajstić information content (AvgIpc) is 2.89. The Balaban J connectivity index is 1.52. The quantitative estimate of drug-likeness (QED) is 0.292. The van der Waals surface area contributed by atoms with Crippen molar-refractivity contribution in [1.82, 2.24) is 4.98 Å². The lowest BCUT2D eigenvalue weighted by Crippen LogP contribution is -2.38. The van der Waals surface area contributed by atoms with E-state index in [-0.39, 0.29) is 9.79 Å². The van der Waals surface area contributed by atoms with E-state index in [0.29, 0.717) is 17.1 Å². The molecule has 0 spiro atoms. The number of hydrogen-bond donors (Lipinski definition) is 2. The van der Waals surface area contributed by atoms with Crippen molar-refractivity contribution in [1.29, 1.82) is 0 Å². The number of aromatic nitrogens is 1. The van der Waals surface area contributed by atoms with Gasteiger partial charge in [-0.15, -0.1) is 0 Å². The van der Waals surface area contributed by atoms with Gasteiger partial charge in [-0.2, -0.15) is 0 Å². The van der Waals surface area contributed by atoms with Gasteiger partial charge in [0.2, 0.25) is 5.91 Å². The Morgan fingerprint density at radius 2 is 1.46 bits per heavy atom. The van der Waals surface area contributed by atoms with E-state index in [1.165, 1.54) is 48.8 Å². The normalized spacial score (nSPS) is 11.5. The molecule has 0 bridgehead atoms. The summed E-state index contributed by atoms with van der Waals surface area (Å²) in [6.07, 6.45) is 2.91. The number of nitrogens with zero attached hydrogens (tertiary/aromatic N) is 2. The molecule has 0 aliphatic heterocycles. The van der Waals surface area contributed by atoms with Crippen molar-refractivity contribution < 1.29 is 21.6 Å². The molecule has 0 unspecified atom stereocenters. The van der Waals surface area contributed by atoms with Gasteiger partial charge >= 0.3 is 0 Å². The van der Waals surface area contributed by atoms with Crippen LogP contribution in [0.1, 0.15) is 0 Å². The molecule has 4 rings (SSSR count). The number of pyridine rings is 1. The predicted octanol–water partition coefficient (Wildman–Crippen LogP) is 4.48. The van der Waals surface area contributed by atoms with Gasteiger partial charge < -0.3 is 5.32 Å². The van der Waals surface area contributed by atoms with E-state index >= 15 is 0 Å². The third-order valence-electron chi connectivity index (χ3n) is 5.10. The first-order valence-corrected chi connectivity index (χ1v) is 14.5. The molecule has 0 radical (unpaired) electrons. The maximum Gasteiger partial charge on any atom is 0.264 e. The summed E-state index contributed by atoms with van der Waals surface area (Å²) < 4.78 is 56.1. The van der Waals surface area contributed by atoms with E-state index in [9.17, 15) is 21.6 Å². The van der Waals surface area contributed by atoms with E-state index in [1.54, 1.807) is 54.6 Å². The van der Waals surface area contributed by atoms with Crippen LogP contribution < -0.4 is 14.3 Å². The van der Waals surface area contributed by atoms with Crippen LogP contribution in [0.15, 0.2) is 118 Å². The van der Waals surface area contributed by atoms with Crippen molar-refractivity contribution in [3.63, 3.8) is 0 Å². The van der Waals surface area contributed by atoms with E-state index in [0.717, 1.165) is 8.78 Å². The number of rotatable bonds is 9. The molecular formula is C25H21BrN4O5S2. The number of halogens is 1. The fraction of sp³-hybridized carbons (Fsp3) is 0.0400. The number of nitrogens with one attached hydrogen (secondary N) is 2. The van der Waals surface area contributed by atoms with Gasteiger partial charge in [0.1, 0.15) is 6.54 Å². The molecule has 37 heavy (non-hydrogen) atoms. The third kappa shape index (κ3) is 6.53. The lowest BCUT2D eigenvalue weighted by Gasteiger charge is -2.24. The Kier molecular flexibility index (Phi) is 7.91. The van der Waals surface area contributed by atoms with Gasteiger partial charge in [0, 0.05) is 16.4 Å². The molecule has 9 nitrogen and oxygen atoms in total. The van der Waals surface area contributed by atoms with Crippen molar-refractivity contribution >= 4 is 58.9 Å². The first-order chi connectivity index (χ1) is 17.6. The van der Waals surface area contributed by atoms with Crippen molar-refractivity contribution in [2.75, 3.05) is 20.9 Å². The number of carbonyl (C=O) groups excluding carboxylic acids is 1. The van der Waals surface area contributed by atoms with Gasteiger partial charge in [-0.1, -0.05) is 34.1 Å². The summed E-state index contributed by atoms with van der Waals surface area (Å²) in [5, 5.41) is 2.63. The highest BCUT2D eigenvalue weighted by Crippen LogP contribution is 2.25. The maximum atomic E-state index is 13.4. The van der Waals surface area contributed by atoms with E-state index in [4.69, 9.17) is 0 Å². The second-order valence-electron chi connectivity index (χ2n) is 7.72. The molecular weight excluding hydrogens is 580 g/mol. The summed E-state index contributed by atoms with van der Waals surface area (Å²) in [5.74, 6) is -0.605. The number of benzene rings is 3. The smallest absolute Gasteiger partial charge is 0.264 e. The standard InChI is InChI=1S/C25H21BrN4O5S2/c26-19-8-12-22(13-9-19)30(37(34,35)24-6-2-1-3-7-24)18-25(31)28-20-10-14-23(15-11-20)36(32,33)29-21-5-4-16-27-17-21/h1-17,29H,18H2,(H,28,31). The molecule has 0 fully saturated rings. The molecule has 0 aliphatic carbocycles. The monoisotopic (exact) mass is 600 g/mol. The average molecular weight is 602 g/mol. The van der Waals surface area contributed by atoms with Crippen LogP contribution in [-0.4, -0.2) is 34.3 Å². The van der Waals surface area contributed by atoms with Gasteiger partial charge in [-0.05, 0) is 72.8 Å². The molecule has 0 saturated carbocycles. The summed E-state index contributed by atoms with van der Waals surface area (Å²) in [6.45, 7) is -0.499.